The number of nitrogens with zero attached hydrogens (tertiary/aromatic N) is 2. The lowest BCUT2D eigenvalue weighted by molar-refractivity contribution is -0.156. The highest BCUT2D eigenvalue weighted by atomic mass is 19.1. The third-order valence-corrected chi connectivity index (χ3v) is 4.66. The quantitative estimate of drug-likeness (QED) is 0.840. The number of carbonyl (C=O) groups excluding carboxylic acids is 1. The Bertz CT molecular complexity index is 636. The smallest absolute Gasteiger partial charge is 0.269 e. The summed E-state index contributed by atoms with van der Waals surface area (Å²) in [7, 11) is 0. The van der Waals surface area contributed by atoms with E-state index in [0.717, 1.165) is 19.5 Å². The molecule has 1 saturated heterocycles. The highest BCUT2D eigenvalue weighted by Crippen LogP contribution is 2.31. The van der Waals surface area contributed by atoms with E-state index >= 15 is 0 Å². The highest BCUT2D eigenvalue weighted by Gasteiger charge is 2.46. The third-order valence-electron chi connectivity index (χ3n) is 4.66. The van der Waals surface area contributed by atoms with E-state index < -0.39 is 5.60 Å². The Morgan fingerprint density at radius 3 is 2.61 bits per heavy atom. The van der Waals surface area contributed by atoms with Crippen LogP contribution in [0.3, 0.4) is 0 Å². The minimum atomic E-state index is -1.03. The van der Waals surface area contributed by atoms with Gasteiger partial charge in [0.15, 0.2) is 0 Å². The first kappa shape index (κ1) is 16.0. The van der Waals surface area contributed by atoms with Gasteiger partial charge in [-0.1, -0.05) is 37.2 Å². The van der Waals surface area contributed by atoms with Crippen LogP contribution < -0.4 is 0 Å². The maximum atomic E-state index is 13.9. The maximum absolute atomic E-state index is 13.9. The molecule has 0 aliphatic carbocycles. The Labute approximate surface area is 136 Å². The van der Waals surface area contributed by atoms with Crippen molar-refractivity contribution in [3.05, 3.63) is 35.6 Å². The van der Waals surface area contributed by atoms with Crippen molar-refractivity contribution in [2.45, 2.75) is 39.2 Å². The predicted octanol–water partition coefficient (Wildman–Crippen LogP) is 3.21. The molecule has 23 heavy (non-hydrogen) atoms. The van der Waals surface area contributed by atoms with E-state index in [1.165, 1.54) is 6.07 Å². The van der Waals surface area contributed by atoms with Crippen molar-refractivity contribution in [2.24, 2.45) is 17.0 Å². The van der Waals surface area contributed by atoms with Crippen molar-refractivity contribution in [1.29, 1.82) is 0 Å². The molecule has 3 atom stereocenters. The monoisotopic (exact) mass is 318 g/mol. The predicted molar refractivity (Wildman–Crippen MR) is 86.6 cm³/mol. The van der Waals surface area contributed by atoms with Crippen LogP contribution in [0.25, 0.3) is 0 Å². The first-order valence-corrected chi connectivity index (χ1v) is 8.18. The van der Waals surface area contributed by atoms with Crippen LogP contribution in [0.5, 0.6) is 0 Å². The van der Waals surface area contributed by atoms with Gasteiger partial charge in [-0.05, 0) is 31.2 Å². The van der Waals surface area contributed by atoms with Crippen molar-refractivity contribution in [3.63, 3.8) is 0 Å². The number of likely N-dealkylation sites (tertiary alicyclic amines) is 1. The molecule has 0 unspecified atom stereocenters. The Balaban J connectivity index is 1.75. The molecule has 0 aromatic heterocycles. The fraction of sp³-hybridized carbons (Fsp3) is 0.556. The molecule has 4 nitrogen and oxygen atoms in total. The fourth-order valence-electron chi connectivity index (χ4n) is 3.66. The number of benzene rings is 1. The van der Waals surface area contributed by atoms with Gasteiger partial charge in [0.25, 0.3) is 5.91 Å². The standard InChI is InChI=1S/C18H23FN2O2/c1-12-8-13(2)11-21(10-12)17(22)18(3)9-16(20-23-18)14-6-4-5-7-15(14)19/h4-7,12-13H,8-11H2,1-3H3/t12-,13+,18-/m0/s1. The van der Waals surface area contributed by atoms with Gasteiger partial charge in [0.2, 0.25) is 5.60 Å². The number of piperidine rings is 1. The van der Waals surface area contributed by atoms with Crippen LogP contribution in [-0.2, 0) is 9.63 Å². The zero-order chi connectivity index (χ0) is 16.6. The van der Waals surface area contributed by atoms with E-state index in [0.29, 0.717) is 29.5 Å². The SMILES string of the molecule is C[C@@H]1C[C@H](C)CN(C(=O)[C@]2(C)CC(c3ccccc3F)=NO2)C1. The summed E-state index contributed by atoms with van der Waals surface area (Å²) in [5, 5.41) is 4.00. The summed E-state index contributed by atoms with van der Waals surface area (Å²) >= 11 is 0. The Morgan fingerprint density at radius 2 is 1.96 bits per heavy atom. The number of hydrogen-bond donors (Lipinski definition) is 0. The van der Waals surface area contributed by atoms with Crippen LogP contribution in [0.2, 0.25) is 0 Å². The molecule has 2 heterocycles. The van der Waals surface area contributed by atoms with Crippen molar-refractivity contribution in [2.75, 3.05) is 13.1 Å². The highest BCUT2D eigenvalue weighted by molar-refractivity contribution is 6.05. The van der Waals surface area contributed by atoms with Gasteiger partial charge in [0.05, 0.1) is 5.71 Å². The van der Waals surface area contributed by atoms with Gasteiger partial charge in [-0.15, -0.1) is 0 Å². The van der Waals surface area contributed by atoms with E-state index in [-0.39, 0.29) is 11.7 Å². The average Bonchev–Trinajstić information content (AvgIpc) is 2.89. The number of rotatable bonds is 2. The molecular weight excluding hydrogens is 295 g/mol. The minimum Gasteiger partial charge on any atom is -0.379 e. The minimum absolute atomic E-state index is 0.0500. The molecule has 0 saturated carbocycles. The molecule has 124 valence electrons. The zero-order valence-corrected chi connectivity index (χ0v) is 13.9. The molecule has 0 radical (unpaired) electrons. The average molecular weight is 318 g/mol. The Hall–Kier alpha value is -1.91. The van der Waals surface area contributed by atoms with Crippen molar-refractivity contribution >= 4 is 11.6 Å². The van der Waals surface area contributed by atoms with E-state index in [2.05, 4.69) is 19.0 Å². The molecule has 0 N–H and O–H groups in total. The summed E-state index contributed by atoms with van der Waals surface area (Å²) in [5.74, 6) is 0.581. The van der Waals surface area contributed by atoms with Crippen molar-refractivity contribution in [3.8, 4) is 0 Å². The largest absolute Gasteiger partial charge is 0.379 e. The first-order valence-electron chi connectivity index (χ1n) is 8.18. The number of hydrogen-bond acceptors (Lipinski definition) is 3. The van der Waals surface area contributed by atoms with Crippen LogP contribution >= 0.6 is 0 Å². The second-order valence-electron chi connectivity index (χ2n) is 7.17. The van der Waals surface area contributed by atoms with Crippen molar-refractivity contribution < 1.29 is 14.0 Å². The summed E-state index contributed by atoms with van der Waals surface area (Å²) in [6, 6.07) is 6.45. The Morgan fingerprint density at radius 1 is 1.30 bits per heavy atom. The van der Waals surface area contributed by atoms with Gasteiger partial charge in [0, 0.05) is 25.1 Å². The lowest BCUT2D eigenvalue weighted by atomic mass is 9.89. The summed E-state index contributed by atoms with van der Waals surface area (Å²) in [5.41, 5.74) is -0.129. The van der Waals surface area contributed by atoms with Gasteiger partial charge >= 0.3 is 0 Å². The maximum Gasteiger partial charge on any atom is 0.269 e. The molecule has 1 aromatic carbocycles. The van der Waals surface area contributed by atoms with Crippen LogP contribution in [0.4, 0.5) is 4.39 Å². The summed E-state index contributed by atoms with van der Waals surface area (Å²) < 4.78 is 13.9. The van der Waals surface area contributed by atoms with E-state index in [4.69, 9.17) is 4.84 Å². The molecule has 1 aromatic rings. The lowest BCUT2D eigenvalue weighted by Crippen LogP contribution is -2.52. The topological polar surface area (TPSA) is 41.9 Å². The second kappa shape index (κ2) is 5.95. The van der Waals surface area contributed by atoms with Gasteiger partial charge < -0.3 is 9.74 Å². The lowest BCUT2D eigenvalue weighted by Gasteiger charge is -2.38. The van der Waals surface area contributed by atoms with E-state index in [1.807, 2.05) is 4.90 Å². The molecule has 1 fully saturated rings. The van der Waals surface area contributed by atoms with E-state index in [1.54, 1.807) is 25.1 Å². The number of amides is 1. The van der Waals surface area contributed by atoms with Crippen LogP contribution in [0, 0.1) is 17.7 Å². The molecule has 0 spiro atoms. The number of carbonyl (C=O) groups is 1. The number of halogens is 1. The van der Waals surface area contributed by atoms with Gasteiger partial charge in [0.1, 0.15) is 5.82 Å². The zero-order valence-electron chi connectivity index (χ0n) is 13.9. The third kappa shape index (κ3) is 3.09. The van der Waals surface area contributed by atoms with Crippen LogP contribution in [0.15, 0.2) is 29.4 Å². The van der Waals surface area contributed by atoms with Gasteiger partial charge in [-0.2, -0.15) is 0 Å². The fourth-order valence-corrected chi connectivity index (χ4v) is 3.66. The summed E-state index contributed by atoms with van der Waals surface area (Å²) in [6.45, 7) is 7.56. The molecular formula is C18H23FN2O2. The summed E-state index contributed by atoms with van der Waals surface area (Å²) in [4.78, 5) is 20.3. The molecule has 3 rings (SSSR count). The normalized spacial score (nSPS) is 30.8. The molecule has 2 aliphatic rings. The first-order chi connectivity index (χ1) is 10.9. The van der Waals surface area contributed by atoms with Gasteiger partial charge in [-0.3, -0.25) is 4.79 Å². The number of oxime groups is 1. The second-order valence-corrected chi connectivity index (χ2v) is 7.17. The molecule has 0 bridgehead atoms. The van der Waals surface area contributed by atoms with Crippen LogP contribution in [0.1, 0.15) is 39.2 Å². The van der Waals surface area contributed by atoms with Crippen molar-refractivity contribution in [1.82, 2.24) is 4.90 Å². The molecule has 1 amide bonds. The van der Waals surface area contributed by atoms with Gasteiger partial charge in [-0.25, -0.2) is 4.39 Å². The van der Waals surface area contributed by atoms with Crippen LogP contribution in [-0.4, -0.2) is 35.2 Å². The van der Waals surface area contributed by atoms with E-state index in [9.17, 15) is 9.18 Å². The molecule has 5 heteroatoms. The summed E-state index contributed by atoms with van der Waals surface area (Å²) in [6.07, 6.45) is 1.43. The Kier molecular flexibility index (Phi) is 4.13. The molecule has 2 aliphatic heterocycles.